The number of rotatable bonds is 5. The maximum atomic E-state index is 5.16. The van der Waals surface area contributed by atoms with Gasteiger partial charge < -0.3 is 4.74 Å². The van der Waals surface area contributed by atoms with E-state index in [1.54, 1.807) is 13.3 Å². The predicted molar refractivity (Wildman–Crippen MR) is 112 cm³/mol. The SMILES string of the molecule is COc1ccc(NN=C(N=Nc2nc3ccccc3s2)c2ccccn2)cc1. The van der Waals surface area contributed by atoms with Crippen LogP contribution in [-0.4, -0.2) is 22.9 Å². The summed E-state index contributed by atoms with van der Waals surface area (Å²) < 4.78 is 6.22. The van der Waals surface area contributed by atoms with Crippen molar-refractivity contribution >= 4 is 38.2 Å². The van der Waals surface area contributed by atoms with E-state index in [0.717, 1.165) is 21.7 Å². The van der Waals surface area contributed by atoms with Crippen LogP contribution in [0.4, 0.5) is 10.8 Å². The van der Waals surface area contributed by atoms with E-state index in [9.17, 15) is 0 Å². The van der Waals surface area contributed by atoms with E-state index < -0.39 is 0 Å². The molecule has 2 heterocycles. The molecule has 4 rings (SSSR count). The second-order valence-electron chi connectivity index (χ2n) is 5.65. The number of hydrazone groups is 1. The van der Waals surface area contributed by atoms with Crippen LogP contribution in [0.1, 0.15) is 5.69 Å². The average Bonchev–Trinajstić information content (AvgIpc) is 3.18. The maximum absolute atomic E-state index is 5.16. The van der Waals surface area contributed by atoms with Gasteiger partial charge in [0, 0.05) is 6.20 Å². The Morgan fingerprint density at radius 3 is 2.57 bits per heavy atom. The molecule has 0 aliphatic heterocycles. The summed E-state index contributed by atoms with van der Waals surface area (Å²) in [6, 6.07) is 20.8. The van der Waals surface area contributed by atoms with Crippen LogP contribution in [0.5, 0.6) is 5.75 Å². The van der Waals surface area contributed by atoms with E-state index in [2.05, 4.69) is 30.7 Å². The molecule has 1 N–H and O–H groups in total. The molecule has 28 heavy (non-hydrogen) atoms. The Morgan fingerprint density at radius 1 is 1.00 bits per heavy atom. The van der Waals surface area contributed by atoms with Gasteiger partial charge in [0.15, 0.2) is 0 Å². The summed E-state index contributed by atoms with van der Waals surface area (Å²) in [5, 5.41) is 13.5. The topological polar surface area (TPSA) is 84.1 Å². The molecule has 0 bridgehead atoms. The van der Waals surface area contributed by atoms with Crippen molar-refractivity contribution in [1.29, 1.82) is 0 Å². The standard InChI is InChI=1S/C20H16N6OS/c1-27-15-11-9-14(10-12-15)23-24-19(17-7-4-5-13-21-17)25-26-20-22-16-6-2-3-8-18(16)28-20/h2-13,23H,1H3. The molecular formula is C20H16N6OS. The second kappa shape index (κ2) is 8.36. The van der Waals surface area contributed by atoms with Gasteiger partial charge >= 0.3 is 0 Å². The van der Waals surface area contributed by atoms with Gasteiger partial charge in [0.05, 0.1) is 23.0 Å². The molecule has 0 aliphatic rings. The third-order valence-electron chi connectivity index (χ3n) is 3.79. The van der Waals surface area contributed by atoms with Crippen LogP contribution < -0.4 is 10.2 Å². The fraction of sp³-hybridized carbons (Fsp3) is 0.0500. The van der Waals surface area contributed by atoms with Crippen molar-refractivity contribution in [3.8, 4) is 5.75 Å². The lowest BCUT2D eigenvalue weighted by molar-refractivity contribution is 0.415. The summed E-state index contributed by atoms with van der Waals surface area (Å²) in [5.74, 6) is 1.13. The number of azo groups is 1. The van der Waals surface area contributed by atoms with Crippen LogP contribution in [0.2, 0.25) is 0 Å². The molecule has 138 valence electrons. The van der Waals surface area contributed by atoms with Crippen molar-refractivity contribution in [3.05, 3.63) is 78.6 Å². The van der Waals surface area contributed by atoms with E-state index in [1.807, 2.05) is 66.7 Å². The number of para-hydroxylation sites is 1. The van der Waals surface area contributed by atoms with Crippen molar-refractivity contribution in [2.24, 2.45) is 15.3 Å². The Kier molecular flexibility index (Phi) is 5.30. The normalized spacial score (nSPS) is 11.8. The molecule has 4 aromatic rings. The predicted octanol–water partition coefficient (Wildman–Crippen LogP) is 5.26. The highest BCUT2D eigenvalue weighted by Gasteiger charge is 2.06. The zero-order valence-electron chi connectivity index (χ0n) is 15.0. The summed E-state index contributed by atoms with van der Waals surface area (Å²) in [6.07, 6.45) is 1.69. The Bertz CT molecular complexity index is 1090. The number of ether oxygens (including phenoxy) is 1. The van der Waals surface area contributed by atoms with Crippen molar-refractivity contribution in [2.75, 3.05) is 12.5 Å². The van der Waals surface area contributed by atoms with Crippen molar-refractivity contribution in [3.63, 3.8) is 0 Å². The highest BCUT2D eigenvalue weighted by Crippen LogP contribution is 2.28. The minimum absolute atomic E-state index is 0.357. The molecule has 0 amide bonds. The first kappa shape index (κ1) is 17.7. The van der Waals surface area contributed by atoms with E-state index in [-0.39, 0.29) is 0 Å². The minimum Gasteiger partial charge on any atom is -0.497 e. The fourth-order valence-electron chi connectivity index (χ4n) is 2.40. The molecule has 0 saturated heterocycles. The van der Waals surface area contributed by atoms with Crippen LogP contribution in [0.25, 0.3) is 10.2 Å². The quantitative estimate of drug-likeness (QED) is 0.219. The number of benzene rings is 2. The monoisotopic (exact) mass is 388 g/mol. The Morgan fingerprint density at radius 2 is 1.82 bits per heavy atom. The van der Waals surface area contributed by atoms with Crippen molar-refractivity contribution in [2.45, 2.75) is 0 Å². The van der Waals surface area contributed by atoms with Gasteiger partial charge in [-0.1, -0.05) is 29.5 Å². The molecule has 0 radical (unpaired) electrons. The molecule has 2 aromatic heterocycles. The van der Waals surface area contributed by atoms with Gasteiger partial charge in [-0.15, -0.1) is 10.2 Å². The molecule has 0 atom stereocenters. The number of pyridine rings is 1. The van der Waals surface area contributed by atoms with Crippen LogP contribution in [0, 0.1) is 0 Å². The first-order chi connectivity index (χ1) is 13.8. The third kappa shape index (κ3) is 4.18. The Labute approximate surface area is 165 Å². The number of amidine groups is 1. The number of fused-ring (bicyclic) bond motifs is 1. The van der Waals surface area contributed by atoms with Gasteiger partial charge in [-0.05, 0) is 48.5 Å². The number of hydrogen-bond donors (Lipinski definition) is 1. The van der Waals surface area contributed by atoms with Gasteiger partial charge in [0.25, 0.3) is 0 Å². The Hall–Kier alpha value is -3.65. The summed E-state index contributed by atoms with van der Waals surface area (Å²) in [5.41, 5.74) is 5.28. The maximum Gasteiger partial charge on any atom is 0.231 e. The lowest BCUT2D eigenvalue weighted by Gasteiger charge is -2.04. The number of hydrogen-bond acceptors (Lipinski definition) is 7. The highest BCUT2D eigenvalue weighted by atomic mass is 32.1. The average molecular weight is 388 g/mol. The van der Waals surface area contributed by atoms with E-state index in [4.69, 9.17) is 4.74 Å². The largest absolute Gasteiger partial charge is 0.497 e. The van der Waals surface area contributed by atoms with Gasteiger partial charge in [0.2, 0.25) is 11.0 Å². The van der Waals surface area contributed by atoms with Crippen molar-refractivity contribution in [1.82, 2.24) is 9.97 Å². The van der Waals surface area contributed by atoms with Crippen LogP contribution in [-0.2, 0) is 0 Å². The lowest BCUT2D eigenvalue weighted by Crippen LogP contribution is -2.03. The van der Waals surface area contributed by atoms with Crippen LogP contribution >= 0.6 is 11.3 Å². The number of thiazole rings is 1. The number of nitrogens with one attached hydrogen (secondary N) is 1. The minimum atomic E-state index is 0.357. The Balaban J connectivity index is 1.61. The lowest BCUT2D eigenvalue weighted by atomic mass is 10.3. The summed E-state index contributed by atoms with van der Waals surface area (Å²) in [4.78, 5) is 8.78. The highest BCUT2D eigenvalue weighted by molar-refractivity contribution is 7.21. The van der Waals surface area contributed by atoms with E-state index in [1.165, 1.54) is 11.3 Å². The fourth-order valence-corrected chi connectivity index (χ4v) is 3.19. The first-order valence-electron chi connectivity index (χ1n) is 8.48. The molecule has 0 saturated carbocycles. The molecule has 0 fully saturated rings. The van der Waals surface area contributed by atoms with Gasteiger partial charge in [0.1, 0.15) is 11.4 Å². The van der Waals surface area contributed by atoms with Gasteiger partial charge in [-0.25, -0.2) is 4.98 Å². The molecule has 0 aliphatic carbocycles. The smallest absolute Gasteiger partial charge is 0.231 e. The number of anilines is 1. The van der Waals surface area contributed by atoms with E-state index >= 15 is 0 Å². The first-order valence-corrected chi connectivity index (χ1v) is 9.30. The molecular weight excluding hydrogens is 372 g/mol. The summed E-state index contributed by atoms with van der Waals surface area (Å²) >= 11 is 1.47. The van der Waals surface area contributed by atoms with E-state index in [0.29, 0.717) is 16.7 Å². The number of nitrogens with zero attached hydrogens (tertiary/aromatic N) is 5. The number of aromatic nitrogens is 2. The zero-order valence-corrected chi connectivity index (χ0v) is 15.8. The van der Waals surface area contributed by atoms with Crippen LogP contribution in [0.3, 0.4) is 0 Å². The van der Waals surface area contributed by atoms with Gasteiger partial charge in [-0.2, -0.15) is 5.10 Å². The van der Waals surface area contributed by atoms with Crippen molar-refractivity contribution < 1.29 is 4.74 Å². The summed E-state index contributed by atoms with van der Waals surface area (Å²) in [7, 11) is 1.63. The number of methoxy groups -OCH3 is 1. The molecule has 7 nitrogen and oxygen atoms in total. The zero-order chi connectivity index (χ0) is 19.2. The molecule has 0 unspecified atom stereocenters. The third-order valence-corrected chi connectivity index (χ3v) is 4.71. The molecule has 8 heteroatoms. The summed E-state index contributed by atoms with van der Waals surface area (Å²) in [6.45, 7) is 0. The molecule has 2 aromatic carbocycles. The molecule has 0 spiro atoms. The van der Waals surface area contributed by atoms with Gasteiger partial charge in [-0.3, -0.25) is 10.4 Å². The second-order valence-corrected chi connectivity index (χ2v) is 6.66. The van der Waals surface area contributed by atoms with Crippen LogP contribution in [0.15, 0.2) is 88.3 Å².